The molecule has 0 spiro atoms. The fraction of sp³-hybridized carbons (Fsp3) is 0.393. The molecule has 1 aliphatic carbocycles. The molecule has 2 aliphatic heterocycles. The number of aromatic nitrogens is 3. The molecule has 0 bridgehead atoms. The molecule has 10 nitrogen and oxygen atoms in total. The van der Waals surface area contributed by atoms with E-state index in [2.05, 4.69) is 30.1 Å². The number of rotatable bonds is 7. The summed E-state index contributed by atoms with van der Waals surface area (Å²) in [4.78, 5) is 41.4. The number of carbonyl (C=O) groups excluding carboxylic acids is 2. The minimum Gasteiger partial charge on any atom is -0.382 e. The topological polar surface area (TPSA) is 131 Å². The Kier molecular flexibility index (Phi) is 6.53. The molecule has 2 fully saturated rings. The fourth-order valence-electron chi connectivity index (χ4n) is 5.19. The number of carbonyl (C=O) groups is 2. The Labute approximate surface area is 221 Å². The van der Waals surface area contributed by atoms with Gasteiger partial charge < -0.3 is 25.8 Å². The van der Waals surface area contributed by atoms with Crippen molar-refractivity contribution in [2.75, 3.05) is 36.4 Å². The molecule has 2 amide bonds. The molecule has 4 N–H and O–H groups in total. The molecule has 10 heteroatoms. The fourth-order valence-corrected chi connectivity index (χ4v) is 5.19. The monoisotopic (exact) mass is 512 g/mol. The summed E-state index contributed by atoms with van der Waals surface area (Å²) >= 11 is 0. The highest BCUT2D eigenvalue weighted by Crippen LogP contribution is 2.33. The van der Waals surface area contributed by atoms with Crippen LogP contribution in [-0.2, 0) is 11.3 Å². The van der Waals surface area contributed by atoms with Crippen LogP contribution in [0.2, 0.25) is 0 Å². The maximum absolute atomic E-state index is 12.8. The molecule has 196 valence electrons. The lowest BCUT2D eigenvalue weighted by Gasteiger charge is -2.33. The molecule has 1 saturated carbocycles. The second-order valence-electron chi connectivity index (χ2n) is 10.2. The Balaban J connectivity index is 1.24. The van der Waals surface area contributed by atoms with Gasteiger partial charge in [-0.2, -0.15) is 0 Å². The lowest BCUT2D eigenvalue weighted by molar-refractivity contribution is -0.125. The summed E-state index contributed by atoms with van der Waals surface area (Å²) in [6.07, 6.45) is 5.90. The van der Waals surface area contributed by atoms with Crippen molar-refractivity contribution in [3.05, 3.63) is 59.9 Å². The summed E-state index contributed by atoms with van der Waals surface area (Å²) in [6.45, 7) is 3.54. The summed E-state index contributed by atoms with van der Waals surface area (Å²) < 4.78 is 2.13. The van der Waals surface area contributed by atoms with Crippen LogP contribution in [0.5, 0.6) is 0 Å². The quantitative estimate of drug-likeness (QED) is 0.446. The summed E-state index contributed by atoms with van der Waals surface area (Å²) in [6, 6.07) is 12.7. The van der Waals surface area contributed by atoms with E-state index < -0.39 is 0 Å². The number of aliphatic imine (C=N–C) groups is 1. The van der Waals surface area contributed by atoms with E-state index in [0.29, 0.717) is 42.8 Å². The van der Waals surface area contributed by atoms with Crippen molar-refractivity contribution in [1.29, 1.82) is 0 Å². The molecule has 3 aliphatic rings. The summed E-state index contributed by atoms with van der Waals surface area (Å²) in [5.74, 6) is 2.30. The lowest BCUT2D eigenvalue weighted by Crippen LogP contribution is -2.44. The van der Waals surface area contributed by atoms with E-state index in [-0.39, 0.29) is 17.7 Å². The summed E-state index contributed by atoms with van der Waals surface area (Å²) in [5.41, 5.74) is 9.27. The highest BCUT2D eigenvalue weighted by molar-refractivity contribution is 6.05. The smallest absolute Gasteiger partial charge is 0.256 e. The van der Waals surface area contributed by atoms with Crippen molar-refractivity contribution in [3.8, 4) is 11.3 Å². The van der Waals surface area contributed by atoms with Gasteiger partial charge in [0.25, 0.3) is 5.91 Å². The Morgan fingerprint density at radius 3 is 2.66 bits per heavy atom. The van der Waals surface area contributed by atoms with Gasteiger partial charge in [-0.05, 0) is 55.9 Å². The first kappa shape index (κ1) is 24.1. The number of nitrogens with one attached hydrogen (secondary N) is 2. The minimum absolute atomic E-state index is 0.0506. The van der Waals surface area contributed by atoms with Crippen molar-refractivity contribution in [2.24, 2.45) is 22.6 Å². The molecule has 1 saturated heterocycles. The SMILES string of the molecule is NC1=NCCn2c(N3CCCC(C(=O)NCC4CC4)C3)nc(-c3ccc(C(=O)Nc4ccccn4)cc3)c21. The van der Waals surface area contributed by atoms with Gasteiger partial charge in [0.05, 0.1) is 12.5 Å². The molecule has 0 radical (unpaired) electrons. The second-order valence-corrected chi connectivity index (χ2v) is 10.2. The standard InChI is InChI=1S/C28H32N8O2/c29-25-24-23(19-8-10-20(11-9-19)27(38)33-22-5-1-2-12-30-22)34-28(36(24)15-13-31-25)35-14-3-4-21(17-35)26(37)32-16-18-6-7-18/h1-2,5,8-12,18,21H,3-4,6-7,13-17H2,(H2,29,31)(H,32,37)(H,30,33,38). The maximum atomic E-state index is 12.8. The maximum Gasteiger partial charge on any atom is 0.256 e. The predicted octanol–water partition coefficient (Wildman–Crippen LogP) is 2.66. The normalized spacial score (nSPS) is 18.9. The van der Waals surface area contributed by atoms with Gasteiger partial charge in [0.1, 0.15) is 23.0 Å². The molecule has 1 aromatic carbocycles. The molecule has 38 heavy (non-hydrogen) atoms. The Bertz CT molecular complexity index is 1360. The van der Waals surface area contributed by atoms with Gasteiger partial charge in [0.15, 0.2) is 0 Å². The van der Waals surface area contributed by atoms with E-state index in [9.17, 15) is 9.59 Å². The van der Waals surface area contributed by atoms with Gasteiger partial charge in [-0.1, -0.05) is 18.2 Å². The van der Waals surface area contributed by atoms with E-state index in [1.807, 2.05) is 18.2 Å². The van der Waals surface area contributed by atoms with Crippen LogP contribution in [0.1, 0.15) is 41.7 Å². The van der Waals surface area contributed by atoms with Crippen LogP contribution in [-0.4, -0.2) is 58.4 Å². The zero-order valence-corrected chi connectivity index (χ0v) is 21.3. The molecule has 6 rings (SSSR count). The number of amidine groups is 1. The molecule has 4 heterocycles. The van der Waals surface area contributed by atoms with Gasteiger partial charge in [0, 0.05) is 43.5 Å². The number of hydrogen-bond donors (Lipinski definition) is 3. The number of hydrogen-bond acceptors (Lipinski definition) is 7. The van der Waals surface area contributed by atoms with Crippen LogP contribution >= 0.6 is 0 Å². The highest BCUT2D eigenvalue weighted by atomic mass is 16.2. The molecular weight excluding hydrogens is 480 g/mol. The van der Waals surface area contributed by atoms with Crippen molar-refractivity contribution in [3.63, 3.8) is 0 Å². The number of pyridine rings is 1. The first-order valence-corrected chi connectivity index (χ1v) is 13.3. The van der Waals surface area contributed by atoms with Gasteiger partial charge in [-0.3, -0.25) is 14.6 Å². The highest BCUT2D eigenvalue weighted by Gasteiger charge is 2.32. The number of benzene rings is 1. The Morgan fingerprint density at radius 2 is 1.89 bits per heavy atom. The van der Waals surface area contributed by atoms with Gasteiger partial charge in [0.2, 0.25) is 11.9 Å². The molecular formula is C28H32N8O2. The third-order valence-electron chi connectivity index (χ3n) is 7.46. The van der Waals surface area contributed by atoms with E-state index in [4.69, 9.17) is 10.7 Å². The number of anilines is 2. The molecule has 3 aromatic rings. The first-order valence-electron chi connectivity index (χ1n) is 13.3. The number of nitrogens with two attached hydrogens (primary N) is 1. The van der Waals surface area contributed by atoms with Crippen LogP contribution in [0.25, 0.3) is 11.3 Å². The van der Waals surface area contributed by atoms with Crippen LogP contribution in [0, 0.1) is 11.8 Å². The zero-order valence-electron chi connectivity index (χ0n) is 21.3. The summed E-state index contributed by atoms with van der Waals surface area (Å²) in [7, 11) is 0. The third-order valence-corrected chi connectivity index (χ3v) is 7.46. The largest absolute Gasteiger partial charge is 0.382 e. The van der Waals surface area contributed by atoms with Gasteiger partial charge in [-0.15, -0.1) is 0 Å². The number of nitrogens with zero attached hydrogens (tertiary/aromatic N) is 5. The van der Waals surface area contributed by atoms with Crippen LogP contribution < -0.4 is 21.3 Å². The van der Waals surface area contributed by atoms with Gasteiger partial charge in [-0.25, -0.2) is 9.97 Å². The average molecular weight is 513 g/mol. The zero-order chi connectivity index (χ0) is 26.1. The number of piperidine rings is 1. The van der Waals surface area contributed by atoms with E-state index in [1.54, 1.807) is 30.5 Å². The molecule has 1 atom stereocenters. The van der Waals surface area contributed by atoms with Crippen LogP contribution in [0.15, 0.2) is 53.7 Å². The molecule has 2 aromatic heterocycles. The Morgan fingerprint density at radius 1 is 1.05 bits per heavy atom. The van der Waals surface area contributed by atoms with Gasteiger partial charge >= 0.3 is 0 Å². The number of fused-ring (bicyclic) bond motifs is 1. The minimum atomic E-state index is -0.233. The average Bonchev–Trinajstić information content (AvgIpc) is 3.70. The summed E-state index contributed by atoms with van der Waals surface area (Å²) in [5, 5.41) is 5.95. The van der Waals surface area contributed by atoms with Crippen LogP contribution in [0.4, 0.5) is 11.8 Å². The second kappa shape index (κ2) is 10.3. The van der Waals surface area contributed by atoms with Crippen LogP contribution in [0.3, 0.4) is 0 Å². The van der Waals surface area contributed by atoms with Crippen molar-refractivity contribution < 1.29 is 9.59 Å². The van der Waals surface area contributed by atoms with E-state index >= 15 is 0 Å². The van der Waals surface area contributed by atoms with E-state index in [1.165, 1.54) is 12.8 Å². The van der Waals surface area contributed by atoms with Crippen molar-refractivity contribution >= 4 is 29.4 Å². The van der Waals surface area contributed by atoms with Crippen molar-refractivity contribution in [1.82, 2.24) is 19.9 Å². The lowest BCUT2D eigenvalue weighted by atomic mass is 9.97. The Hall–Kier alpha value is -4.21. The third kappa shape index (κ3) is 4.98. The number of amides is 2. The number of imidazole rings is 1. The first-order chi connectivity index (χ1) is 18.6. The van der Waals surface area contributed by atoms with E-state index in [0.717, 1.165) is 48.8 Å². The molecule has 1 unspecified atom stereocenters. The predicted molar refractivity (Wildman–Crippen MR) is 146 cm³/mol. The van der Waals surface area contributed by atoms with Crippen molar-refractivity contribution in [2.45, 2.75) is 32.2 Å².